The number of alkyl halides is 2. The fraction of sp³-hybridized carbons (Fsp3) is 0.769. The van der Waals surface area contributed by atoms with Crippen molar-refractivity contribution in [2.75, 3.05) is 6.54 Å². The summed E-state index contributed by atoms with van der Waals surface area (Å²) >= 11 is 11.9. The SMILES string of the molecule is CC(C)c1noc(CCCNC(=O)C2(C)CC2(Cl)Cl)n1. The van der Waals surface area contributed by atoms with Gasteiger partial charge in [0.15, 0.2) is 5.82 Å². The second kappa shape index (κ2) is 5.53. The van der Waals surface area contributed by atoms with Crippen molar-refractivity contribution in [3.05, 3.63) is 11.7 Å². The van der Waals surface area contributed by atoms with E-state index in [-0.39, 0.29) is 11.8 Å². The maximum atomic E-state index is 11.9. The summed E-state index contributed by atoms with van der Waals surface area (Å²) in [6.07, 6.45) is 1.87. The third-order valence-electron chi connectivity index (χ3n) is 3.61. The van der Waals surface area contributed by atoms with Gasteiger partial charge in [-0.1, -0.05) is 19.0 Å². The van der Waals surface area contributed by atoms with Gasteiger partial charge in [0.05, 0.1) is 5.41 Å². The highest BCUT2D eigenvalue weighted by Gasteiger charge is 2.67. The molecule has 0 aliphatic heterocycles. The highest BCUT2D eigenvalue weighted by molar-refractivity contribution is 6.53. The Morgan fingerprint density at radius 1 is 1.50 bits per heavy atom. The molecule has 0 bridgehead atoms. The Morgan fingerprint density at radius 3 is 2.65 bits per heavy atom. The van der Waals surface area contributed by atoms with Gasteiger partial charge in [0.1, 0.15) is 4.33 Å². The number of halogens is 2. The lowest BCUT2D eigenvalue weighted by atomic mass is 10.1. The predicted octanol–water partition coefficient (Wildman–Crippen LogP) is 2.83. The minimum Gasteiger partial charge on any atom is -0.356 e. The molecule has 1 aliphatic carbocycles. The monoisotopic (exact) mass is 319 g/mol. The van der Waals surface area contributed by atoms with E-state index in [1.54, 1.807) is 6.92 Å². The molecule has 1 aromatic rings. The quantitative estimate of drug-likeness (QED) is 0.646. The largest absolute Gasteiger partial charge is 0.356 e. The standard InChI is InChI=1S/C13H19Cl2N3O2/c1-8(2)10-17-9(20-18-10)5-4-6-16-11(19)12(3)7-13(12,14)15/h8H,4-7H2,1-3H3,(H,16,19). The second-order valence-electron chi connectivity index (χ2n) is 5.77. The van der Waals surface area contributed by atoms with Crippen molar-refractivity contribution >= 4 is 29.1 Å². The van der Waals surface area contributed by atoms with Gasteiger partial charge in [-0.15, -0.1) is 23.2 Å². The molecule has 1 N–H and O–H groups in total. The average Bonchev–Trinajstić information content (AvgIpc) is 2.77. The summed E-state index contributed by atoms with van der Waals surface area (Å²) < 4.78 is 4.21. The van der Waals surface area contributed by atoms with Crippen LogP contribution in [-0.4, -0.2) is 26.9 Å². The minimum absolute atomic E-state index is 0.101. The molecule has 1 aliphatic rings. The first-order valence-electron chi connectivity index (χ1n) is 6.75. The number of hydrogen-bond donors (Lipinski definition) is 1. The van der Waals surface area contributed by atoms with Crippen LogP contribution in [0.5, 0.6) is 0 Å². The number of amides is 1. The molecule has 20 heavy (non-hydrogen) atoms. The van der Waals surface area contributed by atoms with Crippen molar-refractivity contribution in [3.8, 4) is 0 Å². The summed E-state index contributed by atoms with van der Waals surface area (Å²) in [4.78, 5) is 16.2. The van der Waals surface area contributed by atoms with Crippen LogP contribution in [0.15, 0.2) is 4.52 Å². The third-order valence-corrected chi connectivity index (χ3v) is 4.71. The van der Waals surface area contributed by atoms with Gasteiger partial charge in [-0.2, -0.15) is 4.98 Å². The first-order valence-corrected chi connectivity index (χ1v) is 7.50. The van der Waals surface area contributed by atoms with Gasteiger partial charge < -0.3 is 9.84 Å². The Morgan fingerprint density at radius 2 is 2.15 bits per heavy atom. The second-order valence-corrected chi connectivity index (χ2v) is 7.26. The Bertz CT molecular complexity index is 502. The van der Waals surface area contributed by atoms with E-state index in [9.17, 15) is 4.79 Å². The number of aromatic nitrogens is 2. The first-order chi connectivity index (χ1) is 9.26. The summed E-state index contributed by atoms with van der Waals surface area (Å²) in [5.41, 5.74) is -0.661. The molecule has 1 saturated carbocycles. The van der Waals surface area contributed by atoms with Crippen LogP contribution in [0.25, 0.3) is 0 Å². The number of rotatable bonds is 6. The van der Waals surface area contributed by atoms with Gasteiger partial charge in [0.25, 0.3) is 0 Å². The third kappa shape index (κ3) is 3.09. The maximum Gasteiger partial charge on any atom is 0.229 e. The van der Waals surface area contributed by atoms with Crippen LogP contribution in [0.1, 0.15) is 51.2 Å². The summed E-state index contributed by atoms with van der Waals surface area (Å²) in [6.45, 7) is 6.33. The molecule has 5 nitrogen and oxygen atoms in total. The van der Waals surface area contributed by atoms with Crippen LogP contribution in [0, 0.1) is 5.41 Å². The van der Waals surface area contributed by atoms with E-state index in [1.165, 1.54) is 0 Å². The Kier molecular flexibility index (Phi) is 4.30. The summed E-state index contributed by atoms with van der Waals surface area (Å²) in [5, 5.41) is 6.73. The van der Waals surface area contributed by atoms with Crippen LogP contribution in [0.3, 0.4) is 0 Å². The lowest BCUT2D eigenvalue weighted by Crippen LogP contribution is -2.34. The fourth-order valence-electron chi connectivity index (χ4n) is 1.89. The Labute approximate surface area is 128 Å². The van der Waals surface area contributed by atoms with Gasteiger partial charge >= 0.3 is 0 Å². The zero-order chi connectivity index (χ0) is 15.0. The highest BCUT2D eigenvalue weighted by Crippen LogP contribution is 2.63. The molecule has 112 valence electrons. The lowest BCUT2D eigenvalue weighted by Gasteiger charge is -2.11. The van der Waals surface area contributed by atoms with Crippen molar-refractivity contribution < 1.29 is 9.32 Å². The van der Waals surface area contributed by atoms with Gasteiger partial charge in [0.2, 0.25) is 11.8 Å². The normalized spacial score (nSPS) is 23.9. The number of hydrogen-bond acceptors (Lipinski definition) is 4. The molecule has 0 radical (unpaired) electrons. The van der Waals surface area contributed by atoms with E-state index in [0.717, 1.165) is 6.42 Å². The number of nitrogens with one attached hydrogen (secondary N) is 1. The Hall–Kier alpha value is -0.810. The van der Waals surface area contributed by atoms with E-state index in [1.807, 2.05) is 13.8 Å². The smallest absolute Gasteiger partial charge is 0.229 e. The fourth-order valence-corrected chi connectivity index (χ4v) is 2.59. The molecule has 0 saturated heterocycles. The molecule has 1 fully saturated rings. The van der Waals surface area contributed by atoms with Crippen LogP contribution in [0.2, 0.25) is 0 Å². The van der Waals surface area contributed by atoms with Crippen LogP contribution < -0.4 is 5.32 Å². The maximum absolute atomic E-state index is 11.9. The van der Waals surface area contributed by atoms with Gasteiger partial charge in [0, 0.05) is 18.9 Å². The lowest BCUT2D eigenvalue weighted by molar-refractivity contribution is -0.125. The molecule has 1 heterocycles. The molecule has 1 aromatic heterocycles. The van der Waals surface area contributed by atoms with E-state index >= 15 is 0 Å². The molecular formula is C13H19Cl2N3O2. The number of aryl methyl sites for hydroxylation is 1. The molecule has 1 unspecified atom stereocenters. The first kappa shape index (κ1) is 15.6. The summed E-state index contributed by atoms with van der Waals surface area (Å²) in [6, 6.07) is 0. The van der Waals surface area contributed by atoms with Crippen LogP contribution >= 0.6 is 23.2 Å². The van der Waals surface area contributed by atoms with Crippen molar-refractivity contribution in [2.24, 2.45) is 5.41 Å². The van der Waals surface area contributed by atoms with Crippen molar-refractivity contribution in [2.45, 2.75) is 50.3 Å². The zero-order valence-electron chi connectivity index (χ0n) is 11.9. The van der Waals surface area contributed by atoms with E-state index < -0.39 is 9.75 Å². The molecule has 1 amide bonds. The molecule has 0 spiro atoms. The van der Waals surface area contributed by atoms with Crippen molar-refractivity contribution in [1.82, 2.24) is 15.5 Å². The highest BCUT2D eigenvalue weighted by atomic mass is 35.5. The Balaban J connectivity index is 1.70. The number of nitrogens with zero attached hydrogens (tertiary/aromatic N) is 2. The van der Waals surface area contributed by atoms with E-state index in [4.69, 9.17) is 27.7 Å². The summed E-state index contributed by atoms with van der Waals surface area (Å²) in [5.74, 6) is 1.46. The number of carbonyl (C=O) groups excluding carboxylic acids is 1. The minimum atomic E-state index is -0.921. The van der Waals surface area contributed by atoms with Gasteiger partial charge in [-0.3, -0.25) is 4.79 Å². The van der Waals surface area contributed by atoms with Gasteiger partial charge in [-0.25, -0.2) is 0 Å². The molecular weight excluding hydrogens is 301 g/mol. The summed E-state index contributed by atoms with van der Waals surface area (Å²) in [7, 11) is 0. The molecule has 2 rings (SSSR count). The van der Waals surface area contributed by atoms with Crippen molar-refractivity contribution in [3.63, 3.8) is 0 Å². The van der Waals surface area contributed by atoms with Crippen LogP contribution in [-0.2, 0) is 11.2 Å². The van der Waals surface area contributed by atoms with Gasteiger partial charge in [-0.05, 0) is 19.8 Å². The van der Waals surface area contributed by atoms with E-state index in [0.29, 0.717) is 31.1 Å². The van der Waals surface area contributed by atoms with E-state index in [2.05, 4.69) is 15.5 Å². The molecule has 7 heteroatoms. The number of carbonyl (C=O) groups is 1. The zero-order valence-corrected chi connectivity index (χ0v) is 13.4. The predicted molar refractivity (Wildman–Crippen MR) is 76.9 cm³/mol. The molecule has 1 atom stereocenters. The average molecular weight is 320 g/mol. The molecule has 0 aromatic carbocycles. The topological polar surface area (TPSA) is 68.0 Å². The van der Waals surface area contributed by atoms with Crippen molar-refractivity contribution in [1.29, 1.82) is 0 Å². The van der Waals surface area contributed by atoms with Crippen LogP contribution in [0.4, 0.5) is 0 Å².